The summed E-state index contributed by atoms with van der Waals surface area (Å²) >= 11 is 0. The van der Waals surface area contributed by atoms with Crippen molar-refractivity contribution in [1.82, 2.24) is 15.5 Å². The lowest BCUT2D eigenvalue weighted by molar-refractivity contribution is 0.0210. The van der Waals surface area contributed by atoms with Gasteiger partial charge in [0.1, 0.15) is 11.4 Å². The van der Waals surface area contributed by atoms with E-state index in [4.69, 9.17) is 4.74 Å². The summed E-state index contributed by atoms with van der Waals surface area (Å²) in [6.07, 6.45) is 0.921. The van der Waals surface area contributed by atoms with Gasteiger partial charge in [-0.25, -0.2) is 4.79 Å². The highest BCUT2D eigenvalue weighted by atomic mass is 16.6. The average Bonchev–Trinajstić information content (AvgIpc) is 2.14. The molecule has 5 nitrogen and oxygen atoms in total. The van der Waals surface area contributed by atoms with Gasteiger partial charge in [-0.1, -0.05) is 0 Å². The molecule has 0 bridgehead atoms. The summed E-state index contributed by atoms with van der Waals surface area (Å²) in [5.74, 6) is 1.11. The Hall–Kier alpha value is -1.39. The molecule has 2 aliphatic rings. The largest absolute Gasteiger partial charge is 0.444 e. The van der Waals surface area contributed by atoms with Crippen LogP contribution < -0.4 is 10.6 Å². The molecule has 0 aliphatic carbocycles. The normalized spacial score (nSPS) is 20.3. The third kappa shape index (κ3) is 3.05. The Labute approximate surface area is 102 Å². The molecule has 0 aromatic carbocycles. The van der Waals surface area contributed by atoms with Crippen LogP contribution in [0, 0.1) is 0 Å². The second-order valence-corrected chi connectivity index (χ2v) is 5.52. The number of hydrogen-bond donors (Lipinski definition) is 2. The fourth-order valence-electron chi connectivity index (χ4n) is 1.86. The number of amides is 1. The van der Waals surface area contributed by atoms with E-state index in [1.807, 2.05) is 20.8 Å². The molecule has 1 amide bonds. The van der Waals surface area contributed by atoms with Gasteiger partial charge in [0, 0.05) is 18.7 Å². The lowest BCUT2D eigenvalue weighted by Gasteiger charge is -2.37. The number of nitrogens with zero attached hydrogens (tertiary/aromatic N) is 1. The van der Waals surface area contributed by atoms with Gasteiger partial charge in [0.2, 0.25) is 0 Å². The van der Waals surface area contributed by atoms with E-state index in [1.165, 1.54) is 5.57 Å². The van der Waals surface area contributed by atoms with E-state index in [0.717, 1.165) is 25.3 Å². The number of likely N-dealkylation sites (tertiary alicyclic amines) is 1. The van der Waals surface area contributed by atoms with Crippen LogP contribution in [0.2, 0.25) is 0 Å². The van der Waals surface area contributed by atoms with Gasteiger partial charge < -0.3 is 15.4 Å². The maximum absolute atomic E-state index is 11.7. The fraction of sp³-hybridized carbons (Fsp3) is 0.750. The summed E-state index contributed by atoms with van der Waals surface area (Å²) in [4.78, 5) is 13.4. The lowest BCUT2D eigenvalue weighted by Crippen LogP contribution is -2.50. The highest BCUT2D eigenvalue weighted by molar-refractivity contribution is 5.70. The van der Waals surface area contributed by atoms with Gasteiger partial charge in [0.05, 0.1) is 13.1 Å². The molecule has 17 heavy (non-hydrogen) atoms. The van der Waals surface area contributed by atoms with E-state index >= 15 is 0 Å². The first-order valence-corrected chi connectivity index (χ1v) is 6.13. The first kappa shape index (κ1) is 12.1. The predicted octanol–water partition coefficient (Wildman–Crippen LogP) is 1.03. The molecule has 2 N–H and O–H groups in total. The highest BCUT2D eigenvalue weighted by Crippen LogP contribution is 2.20. The zero-order valence-electron chi connectivity index (χ0n) is 10.8. The van der Waals surface area contributed by atoms with Crippen LogP contribution in [0.3, 0.4) is 0 Å². The van der Waals surface area contributed by atoms with Crippen LogP contribution in [0.25, 0.3) is 0 Å². The monoisotopic (exact) mass is 239 g/mol. The molecule has 0 radical (unpaired) electrons. The highest BCUT2D eigenvalue weighted by Gasteiger charge is 2.31. The Morgan fingerprint density at radius 3 is 2.35 bits per heavy atom. The Morgan fingerprint density at radius 1 is 1.24 bits per heavy atom. The van der Waals surface area contributed by atoms with Gasteiger partial charge in [0.15, 0.2) is 0 Å². The number of hydrogen-bond acceptors (Lipinski definition) is 4. The molecule has 96 valence electrons. The second-order valence-electron chi connectivity index (χ2n) is 5.52. The molecule has 2 heterocycles. The van der Waals surface area contributed by atoms with E-state index in [2.05, 4.69) is 10.6 Å². The average molecular weight is 239 g/mol. The number of nitrogens with one attached hydrogen (secondary N) is 2. The van der Waals surface area contributed by atoms with Crippen LogP contribution in [0.1, 0.15) is 27.2 Å². The van der Waals surface area contributed by atoms with Crippen molar-refractivity contribution < 1.29 is 9.53 Å². The van der Waals surface area contributed by atoms with Gasteiger partial charge in [0.25, 0.3) is 0 Å². The Kier molecular flexibility index (Phi) is 3.17. The van der Waals surface area contributed by atoms with E-state index in [0.29, 0.717) is 13.1 Å². The van der Waals surface area contributed by atoms with Crippen molar-refractivity contribution in [2.75, 3.05) is 26.2 Å². The standard InChI is InChI=1S/C12H21N3O2/c1-12(2,3)17-11(16)15-7-9(8-15)10-13-5-4-6-14-10/h13-14H,4-8H2,1-3H3. The molecule has 0 saturated carbocycles. The molecule has 0 spiro atoms. The minimum atomic E-state index is -0.415. The summed E-state index contributed by atoms with van der Waals surface area (Å²) in [6, 6.07) is 0. The number of ether oxygens (including phenoxy) is 1. The smallest absolute Gasteiger partial charge is 0.410 e. The van der Waals surface area contributed by atoms with Crippen molar-refractivity contribution >= 4 is 6.09 Å². The fourth-order valence-corrected chi connectivity index (χ4v) is 1.86. The van der Waals surface area contributed by atoms with Crippen molar-refractivity contribution in [3.05, 3.63) is 11.4 Å². The van der Waals surface area contributed by atoms with Crippen molar-refractivity contribution in [1.29, 1.82) is 0 Å². The minimum Gasteiger partial charge on any atom is -0.444 e. The third-order valence-electron chi connectivity index (χ3n) is 2.73. The van der Waals surface area contributed by atoms with Gasteiger partial charge in [-0.05, 0) is 27.2 Å². The molecule has 0 aromatic heterocycles. The topological polar surface area (TPSA) is 53.6 Å². The quantitative estimate of drug-likeness (QED) is 0.663. The van der Waals surface area contributed by atoms with Crippen LogP contribution >= 0.6 is 0 Å². The number of carbonyl (C=O) groups is 1. The first-order valence-electron chi connectivity index (χ1n) is 6.13. The molecular formula is C12H21N3O2. The van der Waals surface area contributed by atoms with E-state index in [9.17, 15) is 4.79 Å². The van der Waals surface area contributed by atoms with Crippen LogP contribution in [-0.2, 0) is 4.74 Å². The van der Waals surface area contributed by atoms with Gasteiger partial charge in [-0.15, -0.1) is 0 Å². The van der Waals surface area contributed by atoms with Gasteiger partial charge >= 0.3 is 6.09 Å². The summed E-state index contributed by atoms with van der Waals surface area (Å²) in [7, 11) is 0. The van der Waals surface area contributed by atoms with Crippen LogP contribution in [0.15, 0.2) is 11.4 Å². The summed E-state index contributed by atoms with van der Waals surface area (Å²) in [6.45, 7) is 9.02. The molecule has 0 atom stereocenters. The number of carbonyl (C=O) groups excluding carboxylic acids is 1. The third-order valence-corrected chi connectivity index (χ3v) is 2.73. The predicted molar refractivity (Wildman–Crippen MR) is 65.5 cm³/mol. The summed E-state index contributed by atoms with van der Waals surface area (Å²) < 4.78 is 5.30. The first-order chi connectivity index (χ1) is 7.96. The minimum absolute atomic E-state index is 0.224. The molecule has 0 aromatic rings. The van der Waals surface area contributed by atoms with E-state index in [1.54, 1.807) is 4.90 Å². The Balaban J connectivity index is 1.84. The van der Waals surface area contributed by atoms with Crippen LogP contribution in [-0.4, -0.2) is 42.8 Å². The maximum atomic E-state index is 11.7. The maximum Gasteiger partial charge on any atom is 0.410 e. The second kappa shape index (κ2) is 4.47. The van der Waals surface area contributed by atoms with Gasteiger partial charge in [-0.2, -0.15) is 0 Å². The molecule has 2 fully saturated rings. The van der Waals surface area contributed by atoms with E-state index in [-0.39, 0.29) is 6.09 Å². The molecule has 2 saturated heterocycles. The summed E-state index contributed by atoms with van der Waals surface area (Å²) in [5.41, 5.74) is 0.844. The molecule has 5 heteroatoms. The van der Waals surface area contributed by atoms with Crippen LogP contribution in [0.5, 0.6) is 0 Å². The molecule has 2 rings (SSSR count). The molecule has 0 unspecified atom stereocenters. The van der Waals surface area contributed by atoms with Crippen molar-refractivity contribution in [3.8, 4) is 0 Å². The Bertz CT molecular complexity index is 328. The van der Waals surface area contributed by atoms with Crippen molar-refractivity contribution in [2.45, 2.75) is 32.8 Å². The Morgan fingerprint density at radius 2 is 1.82 bits per heavy atom. The lowest BCUT2D eigenvalue weighted by atomic mass is 10.1. The van der Waals surface area contributed by atoms with Crippen LogP contribution in [0.4, 0.5) is 4.79 Å². The zero-order chi connectivity index (χ0) is 12.5. The summed E-state index contributed by atoms with van der Waals surface area (Å²) in [5, 5.41) is 6.64. The molecular weight excluding hydrogens is 218 g/mol. The molecule has 2 aliphatic heterocycles. The zero-order valence-corrected chi connectivity index (χ0v) is 10.8. The van der Waals surface area contributed by atoms with Crippen molar-refractivity contribution in [2.24, 2.45) is 0 Å². The SMILES string of the molecule is CC(C)(C)OC(=O)N1CC(=C2NCCCN2)C1. The van der Waals surface area contributed by atoms with E-state index < -0.39 is 5.60 Å². The van der Waals surface area contributed by atoms with Crippen molar-refractivity contribution in [3.63, 3.8) is 0 Å². The van der Waals surface area contributed by atoms with Gasteiger partial charge in [-0.3, -0.25) is 4.90 Å². The number of rotatable bonds is 0.